The van der Waals surface area contributed by atoms with Crippen LogP contribution in [0.15, 0.2) is 18.3 Å². The molecule has 16 heavy (non-hydrogen) atoms. The monoisotopic (exact) mass is 219 g/mol. The lowest BCUT2D eigenvalue weighted by molar-refractivity contribution is -0.121. The number of hydrogen-bond donors (Lipinski definition) is 1. The minimum absolute atomic E-state index is 0.0902. The van der Waals surface area contributed by atoms with Crippen LogP contribution in [0.3, 0.4) is 0 Å². The number of rotatable bonds is 3. The van der Waals surface area contributed by atoms with Crippen molar-refractivity contribution < 1.29 is 9.59 Å². The van der Waals surface area contributed by atoms with E-state index in [-0.39, 0.29) is 11.8 Å². The molecule has 0 bridgehead atoms. The fourth-order valence-electron chi connectivity index (χ4n) is 1.85. The van der Waals surface area contributed by atoms with Gasteiger partial charge >= 0.3 is 0 Å². The predicted octanol–water partition coefficient (Wildman–Crippen LogP) is 0.206. The minimum atomic E-state index is -0.257. The number of primary amides is 1. The van der Waals surface area contributed by atoms with Crippen molar-refractivity contribution >= 4 is 18.0 Å². The van der Waals surface area contributed by atoms with Crippen molar-refractivity contribution in [2.24, 2.45) is 11.7 Å². The number of amides is 1. The lowest BCUT2D eigenvalue weighted by Gasteiger charge is -2.16. The maximum atomic E-state index is 11.0. The number of anilines is 1. The van der Waals surface area contributed by atoms with E-state index in [1.54, 1.807) is 12.1 Å². The molecule has 1 fully saturated rings. The highest BCUT2D eigenvalue weighted by Crippen LogP contribution is 2.21. The Kier molecular flexibility index (Phi) is 2.85. The molecule has 1 saturated heterocycles. The molecular formula is C11H13N3O2. The molecule has 0 spiro atoms. The van der Waals surface area contributed by atoms with Gasteiger partial charge in [-0.2, -0.15) is 0 Å². The highest BCUT2D eigenvalue weighted by molar-refractivity contribution is 5.78. The molecule has 1 aliphatic rings. The van der Waals surface area contributed by atoms with Gasteiger partial charge in [0.15, 0.2) is 6.29 Å². The number of carbonyl (C=O) groups is 2. The van der Waals surface area contributed by atoms with E-state index >= 15 is 0 Å². The average molecular weight is 219 g/mol. The molecule has 5 heteroatoms. The summed E-state index contributed by atoms with van der Waals surface area (Å²) in [6.45, 7) is 1.39. The Morgan fingerprint density at radius 1 is 1.56 bits per heavy atom. The maximum absolute atomic E-state index is 11.0. The molecule has 5 nitrogen and oxygen atoms in total. The molecule has 1 unspecified atom stereocenters. The minimum Gasteiger partial charge on any atom is -0.369 e. The van der Waals surface area contributed by atoms with E-state index in [0.29, 0.717) is 12.1 Å². The highest BCUT2D eigenvalue weighted by atomic mass is 16.1. The summed E-state index contributed by atoms with van der Waals surface area (Å²) in [5.41, 5.74) is 5.80. The van der Waals surface area contributed by atoms with E-state index in [0.717, 1.165) is 25.1 Å². The zero-order chi connectivity index (χ0) is 11.5. The number of nitrogens with zero attached hydrogens (tertiary/aromatic N) is 2. The van der Waals surface area contributed by atoms with Gasteiger partial charge in [-0.25, -0.2) is 4.98 Å². The Morgan fingerprint density at radius 3 is 2.88 bits per heavy atom. The van der Waals surface area contributed by atoms with Gasteiger partial charge in [-0.15, -0.1) is 0 Å². The molecular weight excluding hydrogens is 206 g/mol. The molecule has 1 aliphatic heterocycles. The molecule has 0 radical (unpaired) electrons. The van der Waals surface area contributed by atoms with Crippen molar-refractivity contribution in [3.8, 4) is 0 Å². The second-order valence-electron chi connectivity index (χ2n) is 3.90. The fraction of sp³-hybridized carbons (Fsp3) is 0.364. The van der Waals surface area contributed by atoms with E-state index in [9.17, 15) is 9.59 Å². The molecule has 1 atom stereocenters. The molecule has 1 aromatic heterocycles. The van der Waals surface area contributed by atoms with Gasteiger partial charge in [0.25, 0.3) is 0 Å². The second-order valence-corrected chi connectivity index (χ2v) is 3.90. The van der Waals surface area contributed by atoms with Gasteiger partial charge in [0.1, 0.15) is 5.82 Å². The molecule has 2 N–H and O–H groups in total. The Morgan fingerprint density at radius 2 is 2.38 bits per heavy atom. The van der Waals surface area contributed by atoms with Crippen LogP contribution >= 0.6 is 0 Å². The van der Waals surface area contributed by atoms with Crippen LogP contribution in [0.2, 0.25) is 0 Å². The van der Waals surface area contributed by atoms with Crippen molar-refractivity contribution in [3.05, 3.63) is 23.9 Å². The summed E-state index contributed by atoms with van der Waals surface area (Å²) in [5, 5.41) is 0. The van der Waals surface area contributed by atoms with Gasteiger partial charge in [-0.05, 0) is 18.6 Å². The summed E-state index contributed by atoms with van der Waals surface area (Å²) < 4.78 is 0. The molecule has 1 amide bonds. The molecule has 2 heterocycles. The zero-order valence-electron chi connectivity index (χ0n) is 8.80. The zero-order valence-corrected chi connectivity index (χ0v) is 8.80. The van der Waals surface area contributed by atoms with E-state index in [4.69, 9.17) is 5.73 Å². The first-order valence-corrected chi connectivity index (χ1v) is 5.16. The summed E-state index contributed by atoms with van der Waals surface area (Å²) in [6, 6.07) is 3.50. The Bertz CT molecular complexity index is 402. The van der Waals surface area contributed by atoms with Gasteiger partial charge < -0.3 is 10.6 Å². The molecule has 0 aliphatic carbocycles. The van der Waals surface area contributed by atoms with E-state index in [2.05, 4.69) is 4.98 Å². The largest absolute Gasteiger partial charge is 0.369 e. The third-order valence-electron chi connectivity index (χ3n) is 2.82. The van der Waals surface area contributed by atoms with Crippen LogP contribution in [0.4, 0.5) is 5.82 Å². The number of aromatic nitrogens is 1. The number of pyridine rings is 1. The molecule has 0 saturated carbocycles. The van der Waals surface area contributed by atoms with Gasteiger partial charge in [-0.3, -0.25) is 9.59 Å². The number of hydrogen-bond acceptors (Lipinski definition) is 4. The van der Waals surface area contributed by atoms with Crippen LogP contribution in [-0.4, -0.2) is 30.3 Å². The van der Waals surface area contributed by atoms with Crippen LogP contribution in [0.5, 0.6) is 0 Å². The third-order valence-corrected chi connectivity index (χ3v) is 2.82. The summed E-state index contributed by atoms with van der Waals surface area (Å²) in [4.78, 5) is 27.6. The summed E-state index contributed by atoms with van der Waals surface area (Å²) in [7, 11) is 0. The molecule has 84 valence electrons. The van der Waals surface area contributed by atoms with Crippen molar-refractivity contribution in [1.82, 2.24) is 4.98 Å². The van der Waals surface area contributed by atoms with Gasteiger partial charge in [0.05, 0.1) is 5.92 Å². The summed E-state index contributed by atoms with van der Waals surface area (Å²) >= 11 is 0. The maximum Gasteiger partial charge on any atom is 0.222 e. The van der Waals surface area contributed by atoms with Gasteiger partial charge in [-0.1, -0.05) is 0 Å². The fourth-order valence-corrected chi connectivity index (χ4v) is 1.85. The number of nitrogens with two attached hydrogens (primary N) is 1. The quantitative estimate of drug-likeness (QED) is 0.737. The summed E-state index contributed by atoms with van der Waals surface area (Å²) in [5.74, 6) is 0.439. The van der Waals surface area contributed by atoms with Crippen molar-refractivity contribution in [3.63, 3.8) is 0 Å². The number of carbonyl (C=O) groups excluding carboxylic acids is 2. The average Bonchev–Trinajstić information content (AvgIpc) is 2.78. The van der Waals surface area contributed by atoms with Crippen molar-refractivity contribution in [2.45, 2.75) is 6.42 Å². The Balaban J connectivity index is 2.08. The normalized spacial score (nSPS) is 19.8. The number of aldehydes is 1. The first-order chi connectivity index (χ1) is 7.70. The standard InChI is InChI=1S/C11H13N3O2/c12-11(16)9-3-4-14(6-9)10-2-1-8(7-15)5-13-10/h1-2,5,7,9H,3-4,6H2,(H2,12,16). The summed E-state index contributed by atoms with van der Waals surface area (Å²) in [6.07, 6.45) is 3.05. The first-order valence-electron chi connectivity index (χ1n) is 5.16. The van der Waals surface area contributed by atoms with Crippen LogP contribution in [0.25, 0.3) is 0 Å². The van der Waals surface area contributed by atoms with Crippen LogP contribution in [0, 0.1) is 5.92 Å². The van der Waals surface area contributed by atoms with Crippen LogP contribution in [0.1, 0.15) is 16.8 Å². The van der Waals surface area contributed by atoms with Crippen molar-refractivity contribution in [1.29, 1.82) is 0 Å². The predicted molar refractivity (Wildman–Crippen MR) is 59.1 cm³/mol. The van der Waals surface area contributed by atoms with E-state index in [1.807, 2.05) is 4.90 Å². The molecule has 2 rings (SSSR count). The third kappa shape index (κ3) is 2.03. The highest BCUT2D eigenvalue weighted by Gasteiger charge is 2.27. The SMILES string of the molecule is NC(=O)C1CCN(c2ccc(C=O)cn2)C1. The van der Waals surface area contributed by atoms with E-state index in [1.165, 1.54) is 6.20 Å². The Labute approximate surface area is 93.3 Å². The van der Waals surface area contributed by atoms with Gasteiger partial charge in [0, 0.05) is 24.8 Å². The van der Waals surface area contributed by atoms with Crippen molar-refractivity contribution in [2.75, 3.05) is 18.0 Å². The van der Waals surface area contributed by atoms with Crippen LogP contribution < -0.4 is 10.6 Å². The smallest absolute Gasteiger partial charge is 0.222 e. The second kappa shape index (κ2) is 4.30. The lowest BCUT2D eigenvalue weighted by atomic mass is 10.1. The van der Waals surface area contributed by atoms with Gasteiger partial charge in [0.2, 0.25) is 5.91 Å². The molecule has 1 aromatic rings. The first kappa shape index (κ1) is 10.6. The molecule has 0 aromatic carbocycles. The van der Waals surface area contributed by atoms with Crippen LogP contribution in [-0.2, 0) is 4.79 Å². The Hall–Kier alpha value is -1.91. The lowest BCUT2D eigenvalue weighted by Crippen LogP contribution is -2.27. The van der Waals surface area contributed by atoms with E-state index < -0.39 is 0 Å². The topological polar surface area (TPSA) is 76.3 Å².